The van der Waals surface area contributed by atoms with Crippen molar-refractivity contribution >= 4 is 5.97 Å². The number of rotatable bonds is 2. The molecule has 1 fully saturated rings. The van der Waals surface area contributed by atoms with Crippen LogP contribution in [0, 0.1) is 11.3 Å². The van der Waals surface area contributed by atoms with Gasteiger partial charge in [0, 0.05) is 0 Å². The third-order valence-corrected chi connectivity index (χ3v) is 3.15. The van der Waals surface area contributed by atoms with Gasteiger partial charge in [-0.3, -0.25) is 4.79 Å². The molecule has 0 saturated heterocycles. The Morgan fingerprint density at radius 2 is 2.00 bits per heavy atom. The van der Waals surface area contributed by atoms with Crippen molar-refractivity contribution in [3.63, 3.8) is 0 Å². The molecule has 0 atom stereocenters. The molecule has 1 aliphatic carbocycles. The standard InChI is InChI=1S/C11H20O2/c1-4-13-10(12)11(3)7-5-9(2)6-8-11/h9H,4-8H2,1-3H3. The molecule has 13 heavy (non-hydrogen) atoms. The number of carbonyl (C=O) groups is 1. The molecule has 1 rings (SSSR count). The maximum absolute atomic E-state index is 11.6. The zero-order valence-corrected chi connectivity index (χ0v) is 8.93. The van der Waals surface area contributed by atoms with Crippen molar-refractivity contribution < 1.29 is 9.53 Å². The van der Waals surface area contributed by atoms with E-state index in [4.69, 9.17) is 4.74 Å². The quantitative estimate of drug-likeness (QED) is 0.617. The Bertz CT molecular complexity index is 179. The van der Waals surface area contributed by atoms with Crippen molar-refractivity contribution in [2.24, 2.45) is 11.3 Å². The fourth-order valence-electron chi connectivity index (χ4n) is 1.91. The normalized spacial score (nSPS) is 34.2. The Labute approximate surface area is 80.7 Å². The Balaban J connectivity index is 2.51. The summed E-state index contributed by atoms with van der Waals surface area (Å²) in [6.45, 7) is 6.66. The first kappa shape index (κ1) is 10.6. The van der Waals surface area contributed by atoms with Crippen LogP contribution in [0.1, 0.15) is 46.5 Å². The fourth-order valence-corrected chi connectivity index (χ4v) is 1.91. The zero-order valence-electron chi connectivity index (χ0n) is 8.93. The van der Waals surface area contributed by atoms with Crippen molar-refractivity contribution in [3.05, 3.63) is 0 Å². The molecule has 2 nitrogen and oxygen atoms in total. The second-order valence-corrected chi connectivity index (χ2v) is 4.46. The number of ether oxygens (including phenoxy) is 1. The highest BCUT2D eigenvalue weighted by Crippen LogP contribution is 2.39. The van der Waals surface area contributed by atoms with Crippen LogP contribution in [-0.2, 0) is 9.53 Å². The highest BCUT2D eigenvalue weighted by Gasteiger charge is 2.37. The minimum atomic E-state index is -0.192. The van der Waals surface area contributed by atoms with Crippen LogP contribution in [0.5, 0.6) is 0 Å². The van der Waals surface area contributed by atoms with Crippen LogP contribution in [0.15, 0.2) is 0 Å². The third-order valence-electron chi connectivity index (χ3n) is 3.15. The summed E-state index contributed by atoms with van der Waals surface area (Å²) < 4.78 is 5.08. The topological polar surface area (TPSA) is 26.3 Å². The van der Waals surface area contributed by atoms with Gasteiger partial charge < -0.3 is 4.74 Å². The van der Waals surface area contributed by atoms with E-state index in [2.05, 4.69) is 6.92 Å². The predicted molar refractivity (Wildman–Crippen MR) is 52.4 cm³/mol. The maximum atomic E-state index is 11.6. The summed E-state index contributed by atoms with van der Waals surface area (Å²) in [7, 11) is 0. The van der Waals surface area contributed by atoms with Crippen LogP contribution in [0.25, 0.3) is 0 Å². The molecule has 1 saturated carbocycles. The van der Waals surface area contributed by atoms with Crippen LogP contribution >= 0.6 is 0 Å². The van der Waals surface area contributed by atoms with Gasteiger partial charge in [0.25, 0.3) is 0 Å². The Morgan fingerprint density at radius 3 is 2.46 bits per heavy atom. The van der Waals surface area contributed by atoms with Gasteiger partial charge in [-0.25, -0.2) is 0 Å². The summed E-state index contributed by atoms with van der Waals surface area (Å²) >= 11 is 0. The molecular formula is C11H20O2. The van der Waals surface area contributed by atoms with E-state index in [-0.39, 0.29) is 11.4 Å². The van der Waals surface area contributed by atoms with Gasteiger partial charge >= 0.3 is 5.97 Å². The molecule has 0 radical (unpaired) electrons. The van der Waals surface area contributed by atoms with E-state index in [0.717, 1.165) is 31.6 Å². The van der Waals surface area contributed by atoms with Gasteiger partial charge in [0.05, 0.1) is 12.0 Å². The lowest BCUT2D eigenvalue weighted by Crippen LogP contribution is -2.33. The van der Waals surface area contributed by atoms with E-state index in [0.29, 0.717) is 6.61 Å². The van der Waals surface area contributed by atoms with Crippen LogP contribution < -0.4 is 0 Å². The van der Waals surface area contributed by atoms with E-state index < -0.39 is 0 Å². The van der Waals surface area contributed by atoms with E-state index in [1.165, 1.54) is 0 Å². The molecule has 0 unspecified atom stereocenters. The Hall–Kier alpha value is -0.530. The van der Waals surface area contributed by atoms with Crippen molar-refractivity contribution in [1.82, 2.24) is 0 Å². The number of hydrogen-bond acceptors (Lipinski definition) is 2. The SMILES string of the molecule is CCOC(=O)C1(C)CCC(C)CC1. The van der Waals surface area contributed by atoms with Gasteiger partial charge in [-0.15, -0.1) is 0 Å². The summed E-state index contributed by atoms with van der Waals surface area (Å²) in [6, 6.07) is 0. The first-order chi connectivity index (χ1) is 6.08. The fraction of sp³-hybridized carbons (Fsp3) is 0.909. The van der Waals surface area contributed by atoms with Crippen molar-refractivity contribution in [1.29, 1.82) is 0 Å². The number of carbonyl (C=O) groups excluding carboxylic acids is 1. The lowest BCUT2D eigenvalue weighted by molar-refractivity contribution is -0.156. The predicted octanol–water partition coefficient (Wildman–Crippen LogP) is 2.77. The van der Waals surface area contributed by atoms with Gasteiger partial charge in [-0.2, -0.15) is 0 Å². The average molecular weight is 184 g/mol. The van der Waals surface area contributed by atoms with Crippen LogP contribution in [0.2, 0.25) is 0 Å². The third kappa shape index (κ3) is 2.45. The average Bonchev–Trinajstić information content (AvgIpc) is 2.11. The molecule has 0 N–H and O–H groups in total. The van der Waals surface area contributed by atoms with Gasteiger partial charge in [-0.05, 0) is 45.4 Å². The second kappa shape index (κ2) is 4.12. The zero-order chi connectivity index (χ0) is 9.90. The Morgan fingerprint density at radius 1 is 1.46 bits per heavy atom. The second-order valence-electron chi connectivity index (χ2n) is 4.46. The molecule has 0 aliphatic heterocycles. The van der Waals surface area contributed by atoms with Crippen molar-refractivity contribution in [2.45, 2.75) is 46.5 Å². The molecule has 1 aliphatic rings. The van der Waals surface area contributed by atoms with E-state index in [1.807, 2.05) is 13.8 Å². The smallest absolute Gasteiger partial charge is 0.311 e. The molecule has 0 heterocycles. The van der Waals surface area contributed by atoms with Crippen molar-refractivity contribution in [3.8, 4) is 0 Å². The lowest BCUT2D eigenvalue weighted by Gasteiger charge is -2.33. The number of hydrogen-bond donors (Lipinski definition) is 0. The molecule has 2 heteroatoms. The van der Waals surface area contributed by atoms with E-state index in [9.17, 15) is 4.79 Å². The molecule has 0 bridgehead atoms. The van der Waals surface area contributed by atoms with Crippen molar-refractivity contribution in [2.75, 3.05) is 6.61 Å². The number of esters is 1. The minimum Gasteiger partial charge on any atom is -0.466 e. The monoisotopic (exact) mass is 184 g/mol. The largest absolute Gasteiger partial charge is 0.466 e. The summed E-state index contributed by atoms with van der Waals surface area (Å²) in [6.07, 6.45) is 4.31. The highest BCUT2D eigenvalue weighted by molar-refractivity contribution is 5.76. The summed E-state index contributed by atoms with van der Waals surface area (Å²) in [5.74, 6) is 0.782. The van der Waals surface area contributed by atoms with Gasteiger partial charge in [0.2, 0.25) is 0 Å². The molecule has 0 aromatic heterocycles. The first-order valence-corrected chi connectivity index (χ1v) is 5.25. The molecule has 76 valence electrons. The Kier molecular flexibility index (Phi) is 3.34. The van der Waals surface area contributed by atoms with Crippen LogP contribution in [-0.4, -0.2) is 12.6 Å². The molecule has 0 aromatic rings. The highest BCUT2D eigenvalue weighted by atomic mass is 16.5. The molecule has 0 spiro atoms. The maximum Gasteiger partial charge on any atom is 0.311 e. The molecule has 0 amide bonds. The van der Waals surface area contributed by atoms with Gasteiger partial charge in [0.15, 0.2) is 0 Å². The van der Waals surface area contributed by atoms with Crippen LogP contribution in [0.3, 0.4) is 0 Å². The minimum absolute atomic E-state index is 0.00176. The van der Waals surface area contributed by atoms with Gasteiger partial charge in [-0.1, -0.05) is 6.92 Å². The van der Waals surface area contributed by atoms with E-state index in [1.54, 1.807) is 0 Å². The van der Waals surface area contributed by atoms with Gasteiger partial charge in [0.1, 0.15) is 0 Å². The lowest BCUT2D eigenvalue weighted by atomic mass is 9.72. The van der Waals surface area contributed by atoms with Crippen LogP contribution in [0.4, 0.5) is 0 Å². The summed E-state index contributed by atoms with van der Waals surface area (Å²) in [5, 5.41) is 0. The summed E-state index contributed by atoms with van der Waals surface area (Å²) in [4.78, 5) is 11.6. The molecular weight excluding hydrogens is 164 g/mol. The molecule has 0 aromatic carbocycles. The first-order valence-electron chi connectivity index (χ1n) is 5.25. The van der Waals surface area contributed by atoms with E-state index >= 15 is 0 Å². The summed E-state index contributed by atoms with van der Waals surface area (Å²) in [5.41, 5.74) is -0.192.